The SMILES string of the molecule is Cc1ccc(S(=O)(=O)NCc2nn[nH]n2)cc1C(=O)O. The zero-order chi connectivity index (χ0) is 14.8. The van der Waals surface area contributed by atoms with E-state index in [0.717, 1.165) is 6.07 Å². The molecule has 20 heavy (non-hydrogen) atoms. The van der Waals surface area contributed by atoms with Gasteiger partial charge in [0.25, 0.3) is 0 Å². The maximum Gasteiger partial charge on any atom is 0.335 e. The van der Waals surface area contributed by atoms with Crippen LogP contribution in [0.5, 0.6) is 0 Å². The highest BCUT2D eigenvalue weighted by Crippen LogP contribution is 2.15. The number of carboxylic acid groups (broad SMARTS) is 1. The van der Waals surface area contributed by atoms with E-state index in [9.17, 15) is 13.2 Å². The monoisotopic (exact) mass is 297 g/mol. The van der Waals surface area contributed by atoms with Crippen molar-refractivity contribution in [3.63, 3.8) is 0 Å². The maximum atomic E-state index is 12.0. The summed E-state index contributed by atoms with van der Waals surface area (Å²) in [6.45, 7) is 1.45. The normalized spacial score (nSPS) is 11.4. The highest BCUT2D eigenvalue weighted by Gasteiger charge is 2.18. The Labute approximate surface area is 114 Å². The van der Waals surface area contributed by atoms with Crippen LogP contribution in [0.3, 0.4) is 0 Å². The van der Waals surface area contributed by atoms with Crippen LogP contribution in [0.2, 0.25) is 0 Å². The van der Waals surface area contributed by atoms with Crippen molar-refractivity contribution < 1.29 is 18.3 Å². The summed E-state index contributed by atoms with van der Waals surface area (Å²) >= 11 is 0. The highest BCUT2D eigenvalue weighted by molar-refractivity contribution is 7.89. The zero-order valence-corrected chi connectivity index (χ0v) is 11.2. The molecular weight excluding hydrogens is 286 g/mol. The first kappa shape index (κ1) is 14.1. The molecule has 2 aromatic rings. The number of H-pyrrole nitrogens is 1. The Kier molecular flexibility index (Phi) is 3.77. The zero-order valence-electron chi connectivity index (χ0n) is 10.4. The second-order valence-electron chi connectivity index (χ2n) is 3.93. The summed E-state index contributed by atoms with van der Waals surface area (Å²) in [6, 6.07) is 3.88. The van der Waals surface area contributed by atoms with Crippen molar-refractivity contribution in [2.75, 3.05) is 0 Å². The topological polar surface area (TPSA) is 138 Å². The molecule has 2 rings (SSSR count). The van der Waals surface area contributed by atoms with Gasteiger partial charge in [0, 0.05) is 0 Å². The second kappa shape index (κ2) is 5.35. The molecule has 1 aromatic heterocycles. The van der Waals surface area contributed by atoms with Gasteiger partial charge < -0.3 is 5.11 Å². The fraction of sp³-hybridized carbons (Fsp3) is 0.200. The number of hydrogen-bond donors (Lipinski definition) is 3. The van der Waals surface area contributed by atoms with Crippen LogP contribution in [0, 0.1) is 6.92 Å². The number of aromatic carboxylic acids is 1. The molecule has 9 nitrogen and oxygen atoms in total. The van der Waals surface area contributed by atoms with E-state index in [-0.39, 0.29) is 22.8 Å². The molecule has 1 heterocycles. The minimum Gasteiger partial charge on any atom is -0.478 e. The highest BCUT2D eigenvalue weighted by atomic mass is 32.2. The predicted molar refractivity (Wildman–Crippen MR) is 66.3 cm³/mol. The van der Waals surface area contributed by atoms with Gasteiger partial charge in [-0.25, -0.2) is 17.9 Å². The van der Waals surface area contributed by atoms with Crippen LogP contribution in [-0.4, -0.2) is 40.1 Å². The van der Waals surface area contributed by atoms with Crippen LogP contribution in [0.1, 0.15) is 21.7 Å². The summed E-state index contributed by atoms with van der Waals surface area (Å²) < 4.78 is 26.3. The van der Waals surface area contributed by atoms with E-state index in [4.69, 9.17) is 5.11 Å². The van der Waals surface area contributed by atoms with Gasteiger partial charge in [0.1, 0.15) is 0 Å². The standard InChI is InChI=1S/C10H11N5O4S/c1-6-2-3-7(4-8(6)10(16)17)20(18,19)11-5-9-12-14-15-13-9/h2-4,11H,5H2,1H3,(H,16,17)(H,12,13,14,15). The molecular formula is C10H11N5O4S. The molecule has 0 unspecified atom stereocenters. The van der Waals surface area contributed by atoms with Crippen molar-refractivity contribution in [3.8, 4) is 0 Å². The molecule has 0 saturated heterocycles. The summed E-state index contributed by atoms with van der Waals surface area (Å²) in [7, 11) is -3.84. The Bertz CT molecular complexity index is 726. The van der Waals surface area contributed by atoms with E-state index in [1.54, 1.807) is 6.92 Å². The van der Waals surface area contributed by atoms with Crippen LogP contribution >= 0.6 is 0 Å². The quantitative estimate of drug-likeness (QED) is 0.687. The average molecular weight is 297 g/mol. The number of benzene rings is 1. The van der Waals surface area contributed by atoms with Gasteiger partial charge in [-0.2, -0.15) is 5.21 Å². The van der Waals surface area contributed by atoms with Gasteiger partial charge >= 0.3 is 5.97 Å². The fourth-order valence-corrected chi connectivity index (χ4v) is 2.50. The molecule has 106 valence electrons. The van der Waals surface area contributed by atoms with Gasteiger partial charge in [-0.05, 0) is 24.6 Å². The van der Waals surface area contributed by atoms with E-state index in [1.165, 1.54) is 12.1 Å². The van der Waals surface area contributed by atoms with Crippen LogP contribution in [0.25, 0.3) is 0 Å². The summed E-state index contributed by atoms with van der Waals surface area (Å²) in [5.41, 5.74) is 0.419. The lowest BCUT2D eigenvalue weighted by Gasteiger charge is -2.07. The molecule has 0 atom stereocenters. The van der Waals surface area contributed by atoms with Gasteiger partial charge in [0.2, 0.25) is 10.0 Å². The lowest BCUT2D eigenvalue weighted by molar-refractivity contribution is 0.0696. The number of aromatic amines is 1. The van der Waals surface area contributed by atoms with Crippen LogP contribution in [-0.2, 0) is 16.6 Å². The molecule has 0 spiro atoms. The largest absolute Gasteiger partial charge is 0.478 e. The fourth-order valence-electron chi connectivity index (χ4n) is 1.50. The number of hydrogen-bond acceptors (Lipinski definition) is 6. The van der Waals surface area contributed by atoms with E-state index in [1.807, 2.05) is 0 Å². The third-order valence-electron chi connectivity index (χ3n) is 2.56. The molecule has 0 radical (unpaired) electrons. The third-order valence-corrected chi connectivity index (χ3v) is 3.96. The van der Waals surface area contributed by atoms with Gasteiger partial charge in [0.15, 0.2) is 5.82 Å². The minimum atomic E-state index is -3.84. The smallest absolute Gasteiger partial charge is 0.335 e. The number of aromatic nitrogens is 4. The Morgan fingerprint density at radius 1 is 1.45 bits per heavy atom. The molecule has 0 aliphatic rings. The Hall–Kier alpha value is -2.33. The summed E-state index contributed by atoms with van der Waals surface area (Å²) in [4.78, 5) is 10.9. The second-order valence-corrected chi connectivity index (χ2v) is 5.70. The van der Waals surface area contributed by atoms with Crippen molar-refractivity contribution in [1.29, 1.82) is 0 Å². The van der Waals surface area contributed by atoms with Crippen LogP contribution < -0.4 is 4.72 Å². The number of tetrazole rings is 1. The van der Waals surface area contributed by atoms with Gasteiger partial charge in [-0.3, -0.25) is 0 Å². The third kappa shape index (κ3) is 2.97. The van der Waals surface area contributed by atoms with E-state index in [0.29, 0.717) is 5.56 Å². The minimum absolute atomic E-state index is 0.0626. The molecule has 0 bridgehead atoms. The van der Waals surface area contributed by atoms with E-state index in [2.05, 4.69) is 25.3 Å². The van der Waals surface area contributed by atoms with Gasteiger partial charge in [-0.1, -0.05) is 11.3 Å². The number of nitrogens with zero attached hydrogens (tertiary/aromatic N) is 3. The lowest BCUT2D eigenvalue weighted by Crippen LogP contribution is -2.24. The van der Waals surface area contributed by atoms with Crippen molar-refractivity contribution in [1.82, 2.24) is 25.3 Å². The first-order valence-electron chi connectivity index (χ1n) is 5.46. The van der Waals surface area contributed by atoms with Gasteiger partial charge in [0.05, 0.1) is 17.0 Å². The molecule has 0 amide bonds. The molecule has 10 heteroatoms. The maximum absolute atomic E-state index is 12.0. The molecule has 0 fully saturated rings. The molecule has 0 aliphatic carbocycles. The Balaban J connectivity index is 2.25. The van der Waals surface area contributed by atoms with Crippen LogP contribution in [0.4, 0.5) is 0 Å². The first-order chi connectivity index (χ1) is 9.40. The first-order valence-corrected chi connectivity index (χ1v) is 6.94. The van der Waals surface area contributed by atoms with Crippen molar-refractivity contribution in [2.24, 2.45) is 0 Å². The number of sulfonamides is 1. The Morgan fingerprint density at radius 2 is 2.20 bits per heavy atom. The average Bonchev–Trinajstić information content (AvgIpc) is 2.89. The molecule has 3 N–H and O–H groups in total. The van der Waals surface area contributed by atoms with Crippen LogP contribution in [0.15, 0.2) is 23.1 Å². The number of carbonyl (C=O) groups is 1. The van der Waals surface area contributed by atoms with Crippen molar-refractivity contribution >= 4 is 16.0 Å². The predicted octanol–water partition coefficient (Wildman–Crippen LogP) is -0.315. The number of rotatable bonds is 5. The van der Waals surface area contributed by atoms with E-state index >= 15 is 0 Å². The van der Waals surface area contributed by atoms with E-state index < -0.39 is 16.0 Å². The number of nitrogens with one attached hydrogen (secondary N) is 2. The number of carboxylic acids is 1. The molecule has 1 aromatic carbocycles. The van der Waals surface area contributed by atoms with Gasteiger partial charge in [-0.15, -0.1) is 10.2 Å². The summed E-state index contributed by atoms with van der Waals surface area (Å²) in [5.74, 6) is -1.00. The lowest BCUT2D eigenvalue weighted by atomic mass is 10.1. The van der Waals surface area contributed by atoms with Crippen molar-refractivity contribution in [3.05, 3.63) is 35.2 Å². The van der Waals surface area contributed by atoms with Crippen molar-refractivity contribution in [2.45, 2.75) is 18.4 Å². The summed E-state index contributed by atoms with van der Waals surface area (Å²) in [5, 5.41) is 21.7. The summed E-state index contributed by atoms with van der Waals surface area (Å²) in [6.07, 6.45) is 0. The molecule has 0 saturated carbocycles. The number of aryl methyl sites for hydroxylation is 1. The Morgan fingerprint density at radius 3 is 2.80 bits per heavy atom. The molecule has 0 aliphatic heterocycles.